The highest BCUT2D eigenvalue weighted by molar-refractivity contribution is 7.98. The van der Waals surface area contributed by atoms with E-state index in [2.05, 4.69) is 15.0 Å². The molecule has 0 saturated carbocycles. The Balaban J connectivity index is 2.27. The maximum Gasteiger partial charge on any atom is 0.225 e. The van der Waals surface area contributed by atoms with E-state index < -0.39 is 0 Å². The van der Waals surface area contributed by atoms with Crippen molar-refractivity contribution >= 4 is 23.7 Å². The van der Waals surface area contributed by atoms with Crippen molar-refractivity contribution in [1.82, 2.24) is 15.0 Å². The van der Waals surface area contributed by atoms with Crippen molar-refractivity contribution in [3.05, 3.63) is 5.82 Å². The highest BCUT2D eigenvalue weighted by Gasteiger charge is 2.09. The van der Waals surface area contributed by atoms with Gasteiger partial charge in [-0.1, -0.05) is 0 Å². The third-order valence-corrected chi connectivity index (χ3v) is 2.63. The van der Waals surface area contributed by atoms with Gasteiger partial charge in [-0.25, -0.2) is 0 Å². The van der Waals surface area contributed by atoms with Crippen LogP contribution in [0.15, 0.2) is 0 Å². The first-order valence-corrected chi connectivity index (χ1v) is 6.50. The van der Waals surface area contributed by atoms with E-state index in [-0.39, 0.29) is 17.5 Å². The fourth-order valence-corrected chi connectivity index (χ4v) is 1.75. The first-order valence-electron chi connectivity index (χ1n) is 5.34. The number of thioether (sulfide) groups is 1. The van der Waals surface area contributed by atoms with E-state index in [1.807, 2.05) is 20.8 Å². The van der Waals surface area contributed by atoms with Gasteiger partial charge in [0.1, 0.15) is 5.82 Å². The first-order chi connectivity index (χ1) is 7.87. The lowest BCUT2D eigenvalue weighted by Crippen LogP contribution is -2.20. The zero-order valence-corrected chi connectivity index (χ0v) is 11.3. The summed E-state index contributed by atoms with van der Waals surface area (Å²) in [4.78, 5) is 11.7. The number of nitrogens with zero attached hydrogens (tertiary/aromatic N) is 3. The average molecular weight is 257 g/mol. The molecule has 6 nitrogen and oxygen atoms in total. The highest BCUT2D eigenvalue weighted by Crippen LogP contribution is 2.12. The fraction of sp³-hybridized carbons (Fsp3) is 0.700. The van der Waals surface area contributed by atoms with Gasteiger partial charge in [-0.2, -0.15) is 26.7 Å². The second-order valence-electron chi connectivity index (χ2n) is 4.48. The molecule has 0 bridgehead atoms. The van der Waals surface area contributed by atoms with Gasteiger partial charge in [0.05, 0.1) is 18.0 Å². The number of hydrogen-bond donors (Lipinski definition) is 2. The van der Waals surface area contributed by atoms with Crippen LogP contribution in [0.4, 0.5) is 11.9 Å². The maximum atomic E-state index is 5.59. The van der Waals surface area contributed by atoms with E-state index in [0.717, 1.165) is 5.75 Å². The molecule has 1 aromatic heterocycles. The van der Waals surface area contributed by atoms with Crippen molar-refractivity contribution < 1.29 is 4.74 Å². The molecule has 1 aromatic rings. The van der Waals surface area contributed by atoms with E-state index in [0.29, 0.717) is 18.2 Å². The van der Waals surface area contributed by atoms with E-state index in [1.54, 1.807) is 11.8 Å². The summed E-state index contributed by atoms with van der Waals surface area (Å²) in [7, 11) is 0. The zero-order valence-electron chi connectivity index (χ0n) is 10.4. The molecule has 0 unspecified atom stereocenters. The van der Waals surface area contributed by atoms with Crippen molar-refractivity contribution in [2.75, 3.05) is 23.8 Å². The number of ether oxygens (including phenoxy) is 1. The number of hydrogen-bond acceptors (Lipinski definition) is 7. The van der Waals surface area contributed by atoms with Gasteiger partial charge in [0.2, 0.25) is 11.9 Å². The van der Waals surface area contributed by atoms with Gasteiger partial charge < -0.3 is 16.2 Å². The summed E-state index contributed by atoms with van der Waals surface area (Å²) in [5.41, 5.74) is 10.8. The second kappa shape index (κ2) is 6.02. The molecule has 0 saturated heterocycles. The lowest BCUT2D eigenvalue weighted by Gasteiger charge is -2.19. The summed E-state index contributed by atoms with van der Waals surface area (Å²) < 4.78 is 5.59. The molecule has 17 heavy (non-hydrogen) atoms. The molecular weight excluding hydrogens is 238 g/mol. The second-order valence-corrected chi connectivity index (χ2v) is 5.59. The minimum Gasteiger partial charge on any atom is -0.375 e. The quantitative estimate of drug-likeness (QED) is 0.761. The molecule has 1 heterocycles. The SMILES string of the molecule is CC(C)(C)OCCSCc1nc(N)nc(N)n1. The van der Waals surface area contributed by atoms with Crippen LogP contribution in [0, 0.1) is 0 Å². The zero-order chi connectivity index (χ0) is 12.9. The van der Waals surface area contributed by atoms with Crippen molar-refractivity contribution in [1.29, 1.82) is 0 Å². The van der Waals surface area contributed by atoms with Gasteiger partial charge in [0.15, 0.2) is 0 Å². The Morgan fingerprint density at radius 1 is 1.12 bits per heavy atom. The topological polar surface area (TPSA) is 99.9 Å². The smallest absolute Gasteiger partial charge is 0.225 e. The summed E-state index contributed by atoms with van der Waals surface area (Å²) >= 11 is 1.68. The summed E-state index contributed by atoms with van der Waals surface area (Å²) in [6.45, 7) is 6.80. The number of nitrogen functional groups attached to an aromatic ring is 2. The Labute approximate surface area is 106 Å². The molecule has 1 rings (SSSR count). The Morgan fingerprint density at radius 2 is 1.71 bits per heavy atom. The van der Waals surface area contributed by atoms with Gasteiger partial charge in [-0.15, -0.1) is 0 Å². The molecule has 0 atom stereocenters. The Bertz CT molecular complexity index is 346. The number of aromatic nitrogens is 3. The van der Waals surface area contributed by atoms with Crippen LogP contribution in [0.5, 0.6) is 0 Å². The molecule has 96 valence electrons. The van der Waals surface area contributed by atoms with Crippen molar-refractivity contribution in [3.63, 3.8) is 0 Å². The molecule has 7 heteroatoms. The Hall–Kier alpha value is -1.08. The van der Waals surface area contributed by atoms with Gasteiger partial charge in [0, 0.05) is 5.75 Å². The van der Waals surface area contributed by atoms with Gasteiger partial charge in [-0.3, -0.25) is 0 Å². The molecule has 0 radical (unpaired) electrons. The van der Waals surface area contributed by atoms with Crippen molar-refractivity contribution in [2.45, 2.75) is 32.1 Å². The summed E-state index contributed by atoms with van der Waals surface area (Å²) in [5, 5.41) is 0. The number of nitrogens with two attached hydrogens (primary N) is 2. The number of rotatable bonds is 5. The van der Waals surface area contributed by atoms with Crippen LogP contribution in [0.25, 0.3) is 0 Å². The third-order valence-electron chi connectivity index (χ3n) is 1.71. The Morgan fingerprint density at radius 3 is 2.24 bits per heavy atom. The number of anilines is 2. The highest BCUT2D eigenvalue weighted by atomic mass is 32.2. The minimum absolute atomic E-state index is 0.0947. The van der Waals surface area contributed by atoms with Crippen LogP contribution in [0.2, 0.25) is 0 Å². The van der Waals surface area contributed by atoms with Crippen LogP contribution in [0.1, 0.15) is 26.6 Å². The molecule has 0 fully saturated rings. The molecule has 4 N–H and O–H groups in total. The van der Waals surface area contributed by atoms with Gasteiger partial charge in [-0.05, 0) is 20.8 Å². The predicted octanol–water partition coefficient (Wildman–Crippen LogP) is 1.08. The summed E-state index contributed by atoms with van der Waals surface area (Å²) in [5.74, 6) is 2.47. The van der Waals surface area contributed by atoms with Crippen LogP contribution in [-0.4, -0.2) is 32.9 Å². The van der Waals surface area contributed by atoms with E-state index in [1.165, 1.54) is 0 Å². The summed E-state index contributed by atoms with van der Waals surface area (Å²) in [6, 6.07) is 0. The van der Waals surface area contributed by atoms with Gasteiger partial charge in [0.25, 0.3) is 0 Å². The first kappa shape index (κ1) is 14.0. The third kappa shape index (κ3) is 6.28. The Kier molecular flexibility index (Phi) is 4.95. The van der Waals surface area contributed by atoms with Crippen LogP contribution >= 0.6 is 11.8 Å². The molecule has 0 spiro atoms. The van der Waals surface area contributed by atoms with Crippen molar-refractivity contribution in [2.24, 2.45) is 0 Å². The van der Waals surface area contributed by atoms with E-state index in [9.17, 15) is 0 Å². The molecular formula is C10H19N5OS. The summed E-state index contributed by atoms with van der Waals surface area (Å²) in [6.07, 6.45) is 0. The van der Waals surface area contributed by atoms with Crippen molar-refractivity contribution in [3.8, 4) is 0 Å². The molecule has 0 aliphatic carbocycles. The van der Waals surface area contributed by atoms with Crippen LogP contribution in [0.3, 0.4) is 0 Å². The van der Waals surface area contributed by atoms with Crippen LogP contribution in [-0.2, 0) is 10.5 Å². The lowest BCUT2D eigenvalue weighted by molar-refractivity contribution is 0.00694. The standard InChI is InChI=1S/C10H19N5OS/c1-10(2,3)16-4-5-17-6-7-13-8(11)15-9(12)14-7/h4-6H2,1-3H3,(H4,11,12,13,14,15). The average Bonchev–Trinajstić information content (AvgIpc) is 2.13. The van der Waals surface area contributed by atoms with E-state index >= 15 is 0 Å². The largest absolute Gasteiger partial charge is 0.375 e. The molecule has 0 aliphatic rings. The maximum absolute atomic E-state index is 5.59. The lowest BCUT2D eigenvalue weighted by atomic mass is 10.2. The van der Waals surface area contributed by atoms with E-state index in [4.69, 9.17) is 16.2 Å². The monoisotopic (exact) mass is 257 g/mol. The normalized spacial score (nSPS) is 11.7. The minimum atomic E-state index is -0.0947. The fourth-order valence-electron chi connectivity index (χ4n) is 1.09. The molecule has 0 aliphatic heterocycles. The van der Waals surface area contributed by atoms with Gasteiger partial charge >= 0.3 is 0 Å². The molecule has 0 aromatic carbocycles. The molecule has 0 amide bonds. The predicted molar refractivity (Wildman–Crippen MR) is 70.5 cm³/mol. The van der Waals surface area contributed by atoms with Crippen LogP contribution < -0.4 is 11.5 Å².